The second kappa shape index (κ2) is 14.5. The Labute approximate surface area is 279 Å². The van der Waals surface area contributed by atoms with Crippen LogP contribution in [0.25, 0.3) is 33.4 Å². The van der Waals surface area contributed by atoms with Crippen molar-refractivity contribution in [1.82, 2.24) is 0 Å². The molecule has 0 bridgehead atoms. The van der Waals surface area contributed by atoms with Gasteiger partial charge in [0.25, 0.3) is 0 Å². The summed E-state index contributed by atoms with van der Waals surface area (Å²) in [6, 6.07) is 51.4. The van der Waals surface area contributed by atoms with E-state index in [4.69, 9.17) is 22.9 Å². The van der Waals surface area contributed by atoms with E-state index in [1.165, 1.54) is 0 Å². The van der Waals surface area contributed by atoms with Crippen LogP contribution in [0.4, 0.5) is 0 Å². The van der Waals surface area contributed by atoms with E-state index < -0.39 is 0 Å². The zero-order valence-electron chi connectivity index (χ0n) is 26.1. The second-order valence-electron chi connectivity index (χ2n) is 10.9. The van der Waals surface area contributed by atoms with Crippen LogP contribution in [0.1, 0.15) is 22.3 Å². The van der Waals surface area contributed by atoms with E-state index in [0.717, 1.165) is 55.6 Å². The Bertz CT molecular complexity index is 1980. The normalized spacial score (nSPS) is 12.6. The standard InChI is InChI=1S/C40H34N8/c41-37(29-11-3-1-4-12-29)45-47-39(43)31-23-19-27(20-24-31)33-15-7-9-17-35(33)36-18-10-8-16-34(36)28-21-25-32(26-22-28)40(44)48-46-38(42)30-13-5-2-6-14-30/h1-26H,(H2,41,45)(H2,42,46)(H2,43,47)(H2,44,48). The van der Waals surface area contributed by atoms with Gasteiger partial charge >= 0.3 is 0 Å². The van der Waals surface area contributed by atoms with Gasteiger partial charge in [-0.05, 0) is 33.4 Å². The molecule has 0 fully saturated rings. The number of hydrogen-bond donors (Lipinski definition) is 4. The van der Waals surface area contributed by atoms with Crippen LogP contribution in [0, 0.1) is 0 Å². The molecule has 8 nitrogen and oxygen atoms in total. The quantitative estimate of drug-likeness (QED) is 0.0797. The molecule has 48 heavy (non-hydrogen) atoms. The number of nitrogens with zero attached hydrogens (tertiary/aromatic N) is 4. The van der Waals surface area contributed by atoms with Crippen molar-refractivity contribution < 1.29 is 0 Å². The van der Waals surface area contributed by atoms with Crippen molar-refractivity contribution in [2.24, 2.45) is 43.3 Å². The largest absolute Gasteiger partial charge is 0.382 e. The molecule has 0 amide bonds. The van der Waals surface area contributed by atoms with Gasteiger partial charge in [0.05, 0.1) is 0 Å². The first-order valence-electron chi connectivity index (χ1n) is 15.3. The summed E-state index contributed by atoms with van der Waals surface area (Å²) in [5.74, 6) is 1.15. The molecule has 0 aliphatic heterocycles. The van der Waals surface area contributed by atoms with Crippen LogP contribution < -0.4 is 22.9 Å². The fourth-order valence-corrected chi connectivity index (χ4v) is 5.24. The number of benzene rings is 6. The van der Waals surface area contributed by atoms with Gasteiger partial charge in [0.15, 0.2) is 23.3 Å². The molecule has 234 valence electrons. The smallest absolute Gasteiger partial charge is 0.153 e. The van der Waals surface area contributed by atoms with E-state index in [0.29, 0.717) is 11.7 Å². The van der Waals surface area contributed by atoms with Gasteiger partial charge in [0, 0.05) is 22.3 Å². The number of nitrogens with two attached hydrogens (primary N) is 4. The van der Waals surface area contributed by atoms with Crippen LogP contribution >= 0.6 is 0 Å². The molecular formula is C40H34N8. The maximum absolute atomic E-state index is 6.26. The van der Waals surface area contributed by atoms with Gasteiger partial charge in [0.1, 0.15) is 0 Å². The topological polar surface area (TPSA) is 154 Å². The first-order valence-corrected chi connectivity index (χ1v) is 15.3. The van der Waals surface area contributed by atoms with Crippen LogP contribution in [0.3, 0.4) is 0 Å². The molecule has 6 aromatic carbocycles. The average Bonchev–Trinajstić information content (AvgIpc) is 3.16. The van der Waals surface area contributed by atoms with E-state index in [1.54, 1.807) is 0 Å². The third-order valence-corrected chi connectivity index (χ3v) is 7.80. The molecule has 0 aliphatic carbocycles. The minimum atomic E-state index is 0.277. The minimum absolute atomic E-state index is 0.277. The van der Waals surface area contributed by atoms with Gasteiger partial charge < -0.3 is 22.9 Å². The Balaban J connectivity index is 1.25. The maximum atomic E-state index is 6.26. The lowest BCUT2D eigenvalue weighted by Crippen LogP contribution is -2.16. The van der Waals surface area contributed by atoms with E-state index in [-0.39, 0.29) is 11.7 Å². The van der Waals surface area contributed by atoms with E-state index in [9.17, 15) is 0 Å². The summed E-state index contributed by atoms with van der Waals surface area (Å²) in [7, 11) is 0. The Morgan fingerprint density at radius 3 is 0.833 bits per heavy atom. The van der Waals surface area contributed by atoms with Gasteiger partial charge in [-0.25, -0.2) is 0 Å². The van der Waals surface area contributed by atoms with Crippen LogP contribution in [-0.2, 0) is 0 Å². The van der Waals surface area contributed by atoms with Gasteiger partial charge in [-0.2, -0.15) is 0 Å². The Hall–Kier alpha value is -6.80. The highest BCUT2D eigenvalue weighted by molar-refractivity contribution is 6.02. The molecule has 0 radical (unpaired) electrons. The summed E-state index contributed by atoms with van der Waals surface area (Å²) in [6.07, 6.45) is 0. The predicted molar refractivity (Wildman–Crippen MR) is 199 cm³/mol. The molecule has 6 rings (SSSR count). The first kappa shape index (κ1) is 31.2. The zero-order valence-corrected chi connectivity index (χ0v) is 26.1. The third kappa shape index (κ3) is 7.19. The molecule has 0 aromatic heterocycles. The van der Waals surface area contributed by atoms with Gasteiger partial charge in [-0.3, -0.25) is 0 Å². The van der Waals surface area contributed by atoms with Gasteiger partial charge in [-0.15, -0.1) is 20.4 Å². The monoisotopic (exact) mass is 626 g/mol. The summed E-state index contributed by atoms with van der Waals surface area (Å²) in [5, 5.41) is 16.6. The highest BCUT2D eigenvalue weighted by Gasteiger charge is 2.13. The van der Waals surface area contributed by atoms with Gasteiger partial charge in [0.2, 0.25) is 0 Å². The van der Waals surface area contributed by atoms with Crippen molar-refractivity contribution in [1.29, 1.82) is 0 Å². The molecule has 0 heterocycles. The predicted octanol–water partition coefficient (Wildman–Crippen LogP) is 6.74. The lowest BCUT2D eigenvalue weighted by molar-refractivity contribution is 1.20. The van der Waals surface area contributed by atoms with Crippen molar-refractivity contribution in [3.63, 3.8) is 0 Å². The minimum Gasteiger partial charge on any atom is -0.382 e. The lowest BCUT2D eigenvalue weighted by Gasteiger charge is -2.15. The summed E-state index contributed by atoms with van der Waals surface area (Å²) in [6.45, 7) is 0. The number of amidine groups is 4. The molecule has 0 unspecified atom stereocenters. The van der Waals surface area contributed by atoms with E-state index >= 15 is 0 Å². The molecule has 0 aliphatic rings. The molecule has 0 spiro atoms. The average molecular weight is 627 g/mol. The maximum Gasteiger partial charge on any atom is 0.153 e. The first-order chi connectivity index (χ1) is 23.5. The molecular weight excluding hydrogens is 592 g/mol. The van der Waals surface area contributed by atoms with Crippen LogP contribution in [0.15, 0.2) is 178 Å². The molecule has 0 saturated carbocycles. The number of hydrogen-bond acceptors (Lipinski definition) is 4. The van der Waals surface area contributed by atoms with Crippen molar-refractivity contribution in [3.8, 4) is 33.4 Å². The molecule has 8 N–H and O–H groups in total. The van der Waals surface area contributed by atoms with Crippen molar-refractivity contribution in [2.45, 2.75) is 0 Å². The van der Waals surface area contributed by atoms with E-state index in [1.807, 2.05) is 133 Å². The molecule has 6 aromatic rings. The summed E-state index contributed by atoms with van der Waals surface area (Å²) >= 11 is 0. The van der Waals surface area contributed by atoms with E-state index in [2.05, 4.69) is 44.7 Å². The van der Waals surface area contributed by atoms with Crippen molar-refractivity contribution in [3.05, 3.63) is 180 Å². The highest BCUT2D eigenvalue weighted by Crippen LogP contribution is 2.38. The second-order valence-corrected chi connectivity index (χ2v) is 10.9. The van der Waals surface area contributed by atoms with Gasteiger partial charge in [-0.1, -0.05) is 158 Å². The molecule has 8 heteroatoms. The van der Waals surface area contributed by atoms with Crippen LogP contribution in [0.5, 0.6) is 0 Å². The SMILES string of the molecule is N/C(=N\N=C(/N)c1ccc(-c2ccccc2-c2ccccc2-c2ccc(/C(N)=N/N=C(\N)c3ccccc3)cc2)cc1)c1ccccc1. The Kier molecular flexibility index (Phi) is 9.44. The summed E-state index contributed by atoms with van der Waals surface area (Å²) < 4.78 is 0. The van der Waals surface area contributed by atoms with Crippen LogP contribution in [-0.4, -0.2) is 23.3 Å². The fraction of sp³-hybridized carbons (Fsp3) is 0. The Morgan fingerprint density at radius 1 is 0.271 bits per heavy atom. The van der Waals surface area contributed by atoms with Crippen molar-refractivity contribution in [2.75, 3.05) is 0 Å². The number of rotatable bonds is 9. The Morgan fingerprint density at radius 2 is 0.521 bits per heavy atom. The summed E-state index contributed by atoms with van der Waals surface area (Å²) in [5.41, 5.74) is 34.2. The highest BCUT2D eigenvalue weighted by atomic mass is 15.3. The lowest BCUT2D eigenvalue weighted by atomic mass is 9.89. The summed E-state index contributed by atoms with van der Waals surface area (Å²) in [4.78, 5) is 0. The zero-order chi connectivity index (χ0) is 33.3. The molecule has 0 atom stereocenters. The van der Waals surface area contributed by atoms with Crippen LogP contribution in [0.2, 0.25) is 0 Å². The molecule has 0 saturated heterocycles. The fourth-order valence-electron chi connectivity index (χ4n) is 5.24. The third-order valence-electron chi connectivity index (χ3n) is 7.80. The van der Waals surface area contributed by atoms with Crippen molar-refractivity contribution >= 4 is 23.3 Å².